The van der Waals surface area contributed by atoms with Crippen molar-refractivity contribution in [2.45, 2.75) is 33.7 Å². The topological polar surface area (TPSA) is 46.9 Å². The molecule has 20 heavy (non-hydrogen) atoms. The van der Waals surface area contributed by atoms with Gasteiger partial charge in [0.05, 0.1) is 12.1 Å². The van der Waals surface area contributed by atoms with Crippen LogP contribution >= 0.6 is 0 Å². The Kier molecular flexibility index (Phi) is 4.23. The summed E-state index contributed by atoms with van der Waals surface area (Å²) in [4.78, 5) is 12.1. The average Bonchev–Trinajstić information content (AvgIpc) is 2.64. The van der Waals surface area contributed by atoms with Crippen LogP contribution in [-0.2, 0) is 24.8 Å². The Morgan fingerprint density at radius 1 is 1.25 bits per heavy atom. The maximum atomic E-state index is 12.1. The van der Waals surface area contributed by atoms with Crippen LogP contribution in [0.5, 0.6) is 0 Å². The van der Waals surface area contributed by atoms with Crippen molar-refractivity contribution < 1.29 is 4.79 Å². The summed E-state index contributed by atoms with van der Waals surface area (Å²) in [5.74, 6) is 0.0347. The van der Waals surface area contributed by atoms with E-state index in [1.807, 2.05) is 43.8 Å². The highest BCUT2D eigenvalue weighted by Crippen LogP contribution is 2.12. The van der Waals surface area contributed by atoms with Crippen molar-refractivity contribution in [3.8, 4) is 0 Å². The molecule has 0 spiro atoms. The van der Waals surface area contributed by atoms with Gasteiger partial charge >= 0.3 is 0 Å². The number of carbonyl (C=O) groups is 1. The molecule has 1 aromatic carbocycles. The van der Waals surface area contributed by atoms with E-state index in [2.05, 4.69) is 23.4 Å². The van der Waals surface area contributed by atoms with E-state index in [0.717, 1.165) is 22.5 Å². The number of carbonyl (C=O) groups excluding carboxylic acids is 1. The Hall–Kier alpha value is -2.10. The van der Waals surface area contributed by atoms with Crippen molar-refractivity contribution in [1.82, 2.24) is 15.1 Å². The molecule has 0 saturated heterocycles. The Morgan fingerprint density at radius 2 is 1.95 bits per heavy atom. The van der Waals surface area contributed by atoms with Crippen LogP contribution in [0.25, 0.3) is 0 Å². The van der Waals surface area contributed by atoms with Crippen LogP contribution in [-0.4, -0.2) is 15.7 Å². The molecule has 1 aromatic heterocycles. The number of rotatable bonds is 4. The van der Waals surface area contributed by atoms with Crippen LogP contribution in [0.4, 0.5) is 0 Å². The van der Waals surface area contributed by atoms with Crippen LogP contribution < -0.4 is 5.32 Å². The fraction of sp³-hybridized carbons (Fsp3) is 0.375. The van der Waals surface area contributed by atoms with Crippen molar-refractivity contribution in [3.05, 3.63) is 52.3 Å². The lowest BCUT2D eigenvalue weighted by Crippen LogP contribution is -2.25. The predicted octanol–water partition coefficient (Wildman–Crippen LogP) is 2.20. The second kappa shape index (κ2) is 5.90. The monoisotopic (exact) mass is 271 g/mol. The molecule has 0 aliphatic heterocycles. The number of benzene rings is 1. The molecule has 106 valence electrons. The van der Waals surface area contributed by atoms with E-state index in [4.69, 9.17) is 0 Å². The van der Waals surface area contributed by atoms with Gasteiger partial charge < -0.3 is 5.32 Å². The molecule has 0 saturated carbocycles. The minimum Gasteiger partial charge on any atom is -0.352 e. The Bertz CT molecular complexity index is 629. The summed E-state index contributed by atoms with van der Waals surface area (Å²) in [7, 11) is 1.90. The summed E-state index contributed by atoms with van der Waals surface area (Å²) in [6.07, 6.45) is 0.386. The molecule has 2 aromatic rings. The first kappa shape index (κ1) is 14.3. The van der Waals surface area contributed by atoms with Crippen molar-refractivity contribution in [2.75, 3.05) is 0 Å². The Morgan fingerprint density at radius 3 is 2.55 bits per heavy atom. The van der Waals surface area contributed by atoms with Gasteiger partial charge in [0.1, 0.15) is 0 Å². The van der Waals surface area contributed by atoms with E-state index in [1.54, 1.807) is 0 Å². The number of nitrogens with one attached hydrogen (secondary N) is 1. The second-order valence-corrected chi connectivity index (χ2v) is 5.15. The van der Waals surface area contributed by atoms with Crippen molar-refractivity contribution in [3.63, 3.8) is 0 Å². The molecule has 1 heterocycles. The Labute approximate surface area is 119 Å². The lowest BCUT2D eigenvalue weighted by Gasteiger charge is -2.08. The summed E-state index contributed by atoms with van der Waals surface area (Å²) in [6, 6.07) is 8.08. The molecule has 1 amide bonds. The van der Waals surface area contributed by atoms with Gasteiger partial charge in [-0.2, -0.15) is 5.10 Å². The second-order valence-electron chi connectivity index (χ2n) is 5.15. The predicted molar refractivity (Wildman–Crippen MR) is 79.4 cm³/mol. The minimum absolute atomic E-state index is 0.0347. The molecule has 1 N–H and O–H groups in total. The third kappa shape index (κ3) is 3.07. The number of amides is 1. The van der Waals surface area contributed by atoms with Crippen molar-refractivity contribution in [2.24, 2.45) is 7.05 Å². The largest absolute Gasteiger partial charge is 0.352 e. The van der Waals surface area contributed by atoms with Gasteiger partial charge in [-0.1, -0.05) is 24.3 Å². The third-order valence-corrected chi connectivity index (χ3v) is 3.73. The standard InChI is InChI=1S/C16H21N3O/c1-11-7-5-6-8-14(11)10-17-16(20)9-15-12(2)18-19(4)13(15)3/h5-8H,9-10H2,1-4H3,(H,17,20). The molecule has 2 rings (SSSR count). The maximum Gasteiger partial charge on any atom is 0.224 e. The summed E-state index contributed by atoms with van der Waals surface area (Å²) in [5, 5.41) is 7.31. The molecule has 4 nitrogen and oxygen atoms in total. The van der Waals surface area contributed by atoms with E-state index in [9.17, 15) is 4.79 Å². The van der Waals surface area contributed by atoms with Gasteiger partial charge in [-0.05, 0) is 31.9 Å². The normalized spacial score (nSPS) is 10.6. The summed E-state index contributed by atoms with van der Waals surface area (Å²) in [6.45, 7) is 6.56. The van der Waals surface area contributed by atoms with Crippen LogP contribution in [0.3, 0.4) is 0 Å². The molecule has 0 aliphatic rings. The first-order valence-corrected chi connectivity index (χ1v) is 6.79. The zero-order valence-corrected chi connectivity index (χ0v) is 12.5. The zero-order chi connectivity index (χ0) is 14.7. The van der Waals surface area contributed by atoms with E-state index >= 15 is 0 Å². The maximum absolute atomic E-state index is 12.1. The fourth-order valence-electron chi connectivity index (χ4n) is 2.30. The first-order valence-electron chi connectivity index (χ1n) is 6.79. The number of hydrogen-bond acceptors (Lipinski definition) is 2. The van der Waals surface area contributed by atoms with E-state index in [-0.39, 0.29) is 5.91 Å². The van der Waals surface area contributed by atoms with Crippen molar-refractivity contribution >= 4 is 5.91 Å². The first-order chi connectivity index (χ1) is 9.49. The van der Waals surface area contributed by atoms with Gasteiger partial charge in [0, 0.05) is 24.8 Å². The number of aromatic nitrogens is 2. The minimum atomic E-state index is 0.0347. The van der Waals surface area contributed by atoms with Crippen LogP contribution in [0, 0.1) is 20.8 Å². The molecular weight excluding hydrogens is 250 g/mol. The quantitative estimate of drug-likeness (QED) is 0.926. The van der Waals surface area contributed by atoms with E-state index < -0.39 is 0 Å². The SMILES string of the molecule is Cc1ccccc1CNC(=O)Cc1c(C)nn(C)c1C. The number of aryl methyl sites for hydroxylation is 3. The molecule has 0 atom stereocenters. The van der Waals surface area contributed by atoms with Crippen LogP contribution in [0.2, 0.25) is 0 Å². The van der Waals surface area contributed by atoms with Gasteiger partial charge in [0.15, 0.2) is 0 Å². The van der Waals surface area contributed by atoms with Gasteiger partial charge in [-0.25, -0.2) is 0 Å². The molecule has 4 heteroatoms. The van der Waals surface area contributed by atoms with E-state index in [1.165, 1.54) is 5.56 Å². The van der Waals surface area contributed by atoms with Gasteiger partial charge in [-0.15, -0.1) is 0 Å². The highest BCUT2D eigenvalue weighted by atomic mass is 16.1. The van der Waals surface area contributed by atoms with Crippen LogP contribution in [0.1, 0.15) is 28.1 Å². The lowest BCUT2D eigenvalue weighted by molar-refractivity contribution is -0.120. The molecular formula is C16H21N3O. The molecule has 0 radical (unpaired) electrons. The van der Waals surface area contributed by atoms with Crippen molar-refractivity contribution in [1.29, 1.82) is 0 Å². The molecule has 0 aliphatic carbocycles. The number of nitrogens with zero attached hydrogens (tertiary/aromatic N) is 2. The average molecular weight is 271 g/mol. The van der Waals surface area contributed by atoms with Gasteiger partial charge in [0.25, 0.3) is 0 Å². The van der Waals surface area contributed by atoms with Crippen LogP contribution in [0.15, 0.2) is 24.3 Å². The number of hydrogen-bond donors (Lipinski definition) is 1. The Balaban J connectivity index is 1.98. The van der Waals surface area contributed by atoms with Gasteiger partial charge in [0.2, 0.25) is 5.91 Å². The third-order valence-electron chi connectivity index (χ3n) is 3.73. The van der Waals surface area contributed by atoms with E-state index in [0.29, 0.717) is 13.0 Å². The fourth-order valence-corrected chi connectivity index (χ4v) is 2.30. The summed E-state index contributed by atoms with van der Waals surface area (Å²) < 4.78 is 1.82. The smallest absolute Gasteiger partial charge is 0.224 e. The van der Waals surface area contributed by atoms with Gasteiger partial charge in [-0.3, -0.25) is 9.48 Å². The lowest BCUT2D eigenvalue weighted by atomic mass is 10.1. The summed E-state index contributed by atoms with van der Waals surface area (Å²) in [5.41, 5.74) is 5.35. The highest BCUT2D eigenvalue weighted by Gasteiger charge is 2.13. The zero-order valence-electron chi connectivity index (χ0n) is 12.5. The molecule has 0 unspecified atom stereocenters. The molecule has 0 fully saturated rings. The molecule has 0 bridgehead atoms. The summed E-state index contributed by atoms with van der Waals surface area (Å²) >= 11 is 0. The highest BCUT2D eigenvalue weighted by molar-refractivity contribution is 5.79.